The van der Waals surface area contributed by atoms with Crippen molar-refractivity contribution in [2.45, 2.75) is 73.9 Å². The Balaban J connectivity index is 0.000000168. The Bertz CT molecular complexity index is 4460. The van der Waals surface area contributed by atoms with Crippen molar-refractivity contribution in [3.05, 3.63) is 232 Å². The summed E-state index contributed by atoms with van der Waals surface area (Å²) in [7, 11) is 5.06. The molecule has 15 heteroatoms. The molecular weight excluding hydrogens is 1170 g/mol. The number of rotatable bonds is 10. The van der Waals surface area contributed by atoms with Crippen LogP contribution in [-0.2, 0) is 12.8 Å². The van der Waals surface area contributed by atoms with E-state index in [1.54, 1.807) is 33.5 Å². The van der Waals surface area contributed by atoms with Gasteiger partial charge >= 0.3 is 11.8 Å². The lowest BCUT2D eigenvalue weighted by Gasteiger charge is -2.39. The number of benzene rings is 9. The lowest BCUT2D eigenvalue weighted by molar-refractivity contribution is -0.0694. The van der Waals surface area contributed by atoms with Crippen LogP contribution in [0.25, 0.3) is 55.8 Å². The van der Waals surface area contributed by atoms with E-state index in [0.29, 0.717) is 11.3 Å². The third-order valence-corrected chi connectivity index (χ3v) is 16.8. The van der Waals surface area contributed by atoms with E-state index in [2.05, 4.69) is 117 Å². The molecule has 0 unspecified atom stereocenters. The second kappa shape index (κ2) is 31.0. The summed E-state index contributed by atoms with van der Waals surface area (Å²) in [5, 5.41) is 7.46. The number of ether oxygens (including phenoxy) is 5. The molecule has 0 N–H and O–H groups in total. The van der Waals surface area contributed by atoms with Gasteiger partial charge in [0.15, 0.2) is 11.5 Å². The molecule has 11 nitrogen and oxygen atoms in total. The van der Waals surface area contributed by atoms with Gasteiger partial charge in [0, 0.05) is 123 Å². The number of allylic oxidation sites excluding steroid dienone is 2. The van der Waals surface area contributed by atoms with E-state index in [0.717, 1.165) is 172 Å². The van der Waals surface area contributed by atoms with Gasteiger partial charge in [0.2, 0.25) is 0 Å². The zero-order chi connectivity index (χ0) is 64.3. The molecule has 2 radical (unpaired) electrons. The van der Waals surface area contributed by atoms with Crippen LogP contribution >= 0.6 is 0 Å². The van der Waals surface area contributed by atoms with E-state index in [-0.39, 0.29) is 34.2 Å². The number of alkyl halides is 3. The minimum atomic E-state index is -4.40. The van der Waals surface area contributed by atoms with Crippen LogP contribution in [-0.4, -0.2) is 75.2 Å². The number of anilines is 3. The summed E-state index contributed by atoms with van der Waals surface area (Å²) >= 11 is 0. The average Bonchev–Trinajstić information content (AvgIpc) is 0.810. The molecule has 0 aliphatic carbocycles. The maximum absolute atomic E-state index is 13.4. The van der Waals surface area contributed by atoms with Crippen molar-refractivity contribution < 1.29 is 42.7 Å². The van der Waals surface area contributed by atoms with Crippen LogP contribution in [0.15, 0.2) is 202 Å². The molecule has 9 aromatic carbocycles. The monoisotopic (exact) mass is 1260 g/mol. The van der Waals surface area contributed by atoms with Crippen molar-refractivity contribution >= 4 is 75.8 Å². The normalized spacial score (nSPS) is 12.8. The van der Waals surface area contributed by atoms with Crippen molar-refractivity contribution in [1.29, 1.82) is 0 Å². The molecule has 0 bridgehead atoms. The van der Waals surface area contributed by atoms with Gasteiger partial charge in [-0.05, 0) is 154 Å². The molecule has 4 aliphatic heterocycles. The summed E-state index contributed by atoms with van der Waals surface area (Å²) in [5.74, 6) is 4.67. The van der Waals surface area contributed by atoms with Crippen LogP contribution < -0.4 is 54.6 Å². The molecule has 0 atom stereocenters. The predicted molar refractivity (Wildman–Crippen MR) is 381 cm³/mol. The Morgan fingerprint density at radius 1 is 0.602 bits per heavy atom. The van der Waals surface area contributed by atoms with Gasteiger partial charge < -0.3 is 42.8 Å². The fourth-order valence-corrected chi connectivity index (χ4v) is 12.3. The molecule has 5 heterocycles. The highest BCUT2D eigenvalue weighted by Gasteiger charge is 2.41. The summed E-state index contributed by atoms with van der Waals surface area (Å²) in [5.41, 5.74) is 9.44. The summed E-state index contributed by atoms with van der Waals surface area (Å²) in [6.45, 7) is 24.2. The summed E-state index contributed by atoms with van der Waals surface area (Å²) < 4.78 is 73.1. The van der Waals surface area contributed by atoms with Crippen molar-refractivity contribution in [2.75, 3.05) is 75.3 Å². The minimum Gasteiger partial charge on any atom is -0.496 e. The van der Waals surface area contributed by atoms with E-state index >= 15 is 0 Å². The fraction of sp³-hybridized carbons (Fsp3) is 0.256. The summed E-state index contributed by atoms with van der Waals surface area (Å²) in [6.07, 6.45) is 0.141. The average molecular weight is 1260 g/mol. The first-order chi connectivity index (χ1) is 44.1. The van der Waals surface area contributed by atoms with Gasteiger partial charge in [-0.25, -0.2) is 9.79 Å². The van der Waals surface area contributed by atoms with E-state index in [1.807, 2.05) is 97.1 Å². The highest BCUT2D eigenvalue weighted by molar-refractivity contribution is 5.91. The first-order valence-electron chi connectivity index (χ1n) is 30.9. The number of halogens is 3. The van der Waals surface area contributed by atoms with Crippen molar-refractivity contribution in [2.24, 2.45) is 4.99 Å². The molecule has 0 spiro atoms. The molecule has 0 fully saturated rings. The molecule has 0 saturated carbocycles. The quantitative estimate of drug-likeness (QED) is 0.0972. The van der Waals surface area contributed by atoms with Crippen LogP contribution in [0.2, 0.25) is 0 Å². The third kappa shape index (κ3) is 15.2. The minimum absolute atomic E-state index is 0. The molecule has 482 valence electrons. The maximum atomic E-state index is 13.4. The molecule has 10 aromatic rings. The van der Waals surface area contributed by atoms with Gasteiger partial charge in [0.05, 0.1) is 26.9 Å². The Labute approximate surface area is 547 Å². The van der Waals surface area contributed by atoms with Crippen LogP contribution in [0.3, 0.4) is 0 Å². The SMILES string of the molecule is C.C=C1C=C(C(F)(F)F)c2cc3c4c(c2O1)CCCN4CCC3.C=c1cc2c(c3ccccc13)=Nc1ccc(N(CC)CC)cc1O2.CCN(CC)c1ccc2ccc(=O)oc2c1.COc1ccc(C)c2ccccc12.COc1ccccc1-c1ccccc1OC.[2HH].[BH]. The third-order valence-electron chi connectivity index (χ3n) is 16.8. The van der Waals surface area contributed by atoms with E-state index in [4.69, 9.17) is 33.1 Å². The summed E-state index contributed by atoms with van der Waals surface area (Å²) in [6, 6.07) is 55.5. The standard InChI is InChI=1S/C21H20N2O.C17H16F3NO.C14H14O2.C13H15NO2.C12H12O.CH4.BH.H2/c1-4-23(5-2)15-10-11-18-19(13-15)24-20-12-14(3)16-8-6-7-9-17(16)21(20)22-18;1-10-8-14(17(18,19)20)13-9-11-4-2-6-21-7-3-5-12(15(11)21)16(13)22-10;1-15-13-9-5-3-7-11(13)12-8-4-6-10-14(12)16-2;1-3-14(4-2)11-7-5-10-6-8-13(15)16-12(10)9-11;1-9-7-8-12(13-2)11-6-4-3-5-10(9)11;;;/h6-13H,3-5H2,1-2H3;8-9H,1-7H2;3-10H,1-2H3;5-9H,3-4H2,1-2H3;3-8H,1-2H3;1H4;2*1H/i;;;;;;;1+1. The van der Waals surface area contributed by atoms with Crippen molar-refractivity contribution in [3.8, 4) is 45.6 Å². The summed E-state index contributed by atoms with van der Waals surface area (Å²) in [4.78, 5) is 22.8. The topological polar surface area (TPSA) is 98.4 Å². The Morgan fingerprint density at radius 3 is 1.78 bits per heavy atom. The number of nitrogens with zero attached hydrogens (tertiary/aromatic N) is 4. The smallest absolute Gasteiger partial charge is 0.417 e. The largest absolute Gasteiger partial charge is 0.496 e. The van der Waals surface area contributed by atoms with E-state index in [9.17, 15) is 18.0 Å². The molecule has 14 rings (SSSR count). The molecule has 1 aromatic heterocycles. The Hall–Kier alpha value is -9.89. The molecule has 0 saturated heterocycles. The number of hydrogen-bond donors (Lipinski definition) is 0. The zero-order valence-corrected chi connectivity index (χ0v) is 53.7. The highest BCUT2D eigenvalue weighted by Crippen LogP contribution is 2.50. The van der Waals surface area contributed by atoms with E-state index in [1.165, 1.54) is 22.4 Å². The molecular formula is C78H84BF3N4O7. The molecule has 4 aliphatic rings. The first kappa shape index (κ1) is 69.0. The number of hydrogen-bond acceptors (Lipinski definition) is 11. The van der Waals surface area contributed by atoms with Gasteiger partial charge in [-0.1, -0.05) is 112 Å². The molecule has 93 heavy (non-hydrogen) atoms. The van der Waals surface area contributed by atoms with Gasteiger partial charge in [-0.2, -0.15) is 13.2 Å². The van der Waals surface area contributed by atoms with Crippen LogP contribution in [0.1, 0.15) is 71.6 Å². The Morgan fingerprint density at radius 2 is 1.16 bits per heavy atom. The lowest BCUT2D eigenvalue weighted by atomic mass is 9.86. The van der Waals surface area contributed by atoms with Gasteiger partial charge in [-0.15, -0.1) is 0 Å². The maximum Gasteiger partial charge on any atom is 0.417 e. The van der Waals surface area contributed by atoms with Gasteiger partial charge in [-0.3, -0.25) is 0 Å². The number of para-hydroxylation sites is 2. The highest BCUT2D eigenvalue weighted by atomic mass is 19.4. The van der Waals surface area contributed by atoms with Crippen molar-refractivity contribution in [1.82, 2.24) is 0 Å². The number of aryl methyl sites for hydroxylation is 2. The second-order valence-electron chi connectivity index (χ2n) is 22.2. The van der Waals surface area contributed by atoms with E-state index < -0.39 is 11.7 Å². The predicted octanol–water partition coefficient (Wildman–Crippen LogP) is 17.8. The second-order valence-corrected chi connectivity index (χ2v) is 22.2. The van der Waals surface area contributed by atoms with Crippen LogP contribution in [0, 0.1) is 6.92 Å². The number of fused-ring (bicyclic) bond motifs is 8. The van der Waals surface area contributed by atoms with Crippen LogP contribution in [0.5, 0.6) is 34.5 Å². The molecule has 0 amide bonds. The van der Waals surface area contributed by atoms with Gasteiger partial charge in [0.1, 0.15) is 45.4 Å². The van der Waals surface area contributed by atoms with Gasteiger partial charge in [0.25, 0.3) is 0 Å². The Kier molecular flexibility index (Phi) is 23.0. The first-order valence-corrected chi connectivity index (χ1v) is 30.9. The number of methoxy groups -OCH3 is 3. The zero-order valence-electron chi connectivity index (χ0n) is 53.7. The fourth-order valence-electron chi connectivity index (χ4n) is 12.3. The van der Waals surface area contributed by atoms with Crippen molar-refractivity contribution in [3.63, 3.8) is 0 Å². The van der Waals surface area contributed by atoms with Crippen LogP contribution in [0.4, 0.5) is 35.9 Å². The lowest BCUT2D eigenvalue weighted by Crippen LogP contribution is -2.35.